The summed E-state index contributed by atoms with van der Waals surface area (Å²) in [7, 11) is 0. The van der Waals surface area contributed by atoms with Gasteiger partial charge in [0.1, 0.15) is 74.6 Å². The molecule has 18 rings (SSSR count). The minimum atomic E-state index is -4.73. The van der Waals surface area contributed by atoms with Crippen molar-refractivity contribution in [2.24, 2.45) is 0 Å². The average molecular weight is 1750 g/mol. The highest BCUT2D eigenvalue weighted by atomic mass is 19.4. The number of hydrogen-bond acceptors (Lipinski definition) is 23. The van der Waals surface area contributed by atoms with Gasteiger partial charge in [0.05, 0.1) is 96.7 Å². The summed E-state index contributed by atoms with van der Waals surface area (Å²) in [5.74, 6) is -2.70. The van der Waals surface area contributed by atoms with Crippen molar-refractivity contribution < 1.29 is 116 Å². The third kappa shape index (κ3) is 17.8. The molecule has 4 aliphatic heterocycles. The van der Waals surface area contributed by atoms with Gasteiger partial charge in [0.25, 0.3) is 23.6 Å². The van der Waals surface area contributed by atoms with Gasteiger partial charge in [-0.15, -0.1) is 0 Å². The Kier molecular flexibility index (Phi) is 23.9. The Morgan fingerprint density at radius 2 is 0.744 bits per heavy atom. The van der Waals surface area contributed by atoms with E-state index in [9.17, 15) is 96.7 Å². The maximum Gasteiger partial charge on any atom is 0.417 e. The number of ether oxygens (including phenoxy) is 4. The molecule has 15 heterocycles. The molecule has 4 saturated heterocycles. The third-order valence-corrected chi connectivity index (χ3v) is 22.5. The van der Waals surface area contributed by atoms with Crippen LogP contribution in [0.15, 0.2) is 141 Å². The fourth-order valence-electron chi connectivity index (χ4n) is 15.2. The first kappa shape index (κ1) is 87.7. The van der Waals surface area contributed by atoms with Gasteiger partial charge < -0.3 is 60.6 Å². The van der Waals surface area contributed by atoms with E-state index in [1.807, 2.05) is 19.3 Å². The number of amides is 4. The highest BCUT2D eigenvalue weighted by molar-refractivity contribution is 6.03. The summed E-state index contributed by atoms with van der Waals surface area (Å²) in [5, 5.41) is 70.4. The number of rotatable bonds is 14. The first-order chi connectivity index (χ1) is 59.3. The second-order valence-electron chi connectivity index (χ2n) is 31.0. The van der Waals surface area contributed by atoms with Crippen LogP contribution in [0.2, 0.25) is 0 Å². The zero-order chi connectivity index (χ0) is 89.1. The lowest BCUT2D eigenvalue weighted by Gasteiger charge is -2.41. The number of fused-ring (bicyclic) bond motifs is 4. The van der Waals surface area contributed by atoms with Crippen molar-refractivity contribution in [3.8, 4) is 0 Å². The van der Waals surface area contributed by atoms with Crippen molar-refractivity contribution in [1.82, 2.24) is 94.6 Å². The number of aromatic nitrogens is 15. The third-order valence-electron chi connectivity index (χ3n) is 22.5. The number of nitrogens with zero attached hydrogens (tertiary/aromatic N) is 15. The summed E-state index contributed by atoms with van der Waals surface area (Å²) in [5.41, 5.74) is -3.78. The second kappa shape index (κ2) is 34.0. The van der Waals surface area contributed by atoms with Crippen LogP contribution in [0.3, 0.4) is 0 Å². The lowest BCUT2D eigenvalue weighted by Crippen LogP contribution is -2.59. The summed E-state index contributed by atoms with van der Waals surface area (Å²) < 4.78 is 197. The van der Waals surface area contributed by atoms with Crippen molar-refractivity contribution in [1.29, 1.82) is 0 Å². The van der Waals surface area contributed by atoms with Crippen LogP contribution in [0, 0.1) is 26.6 Å². The number of hydrogen-bond donors (Lipinski definition) is 8. The predicted molar refractivity (Wildman–Crippen MR) is 407 cm³/mol. The lowest BCUT2D eigenvalue weighted by atomic mass is 9.83. The Morgan fingerprint density at radius 3 is 1.10 bits per heavy atom. The molecule has 6 aliphatic rings. The Hall–Kier alpha value is -12.2. The molecule has 2 saturated carbocycles. The van der Waals surface area contributed by atoms with E-state index in [1.165, 1.54) is 50.5 Å². The van der Waals surface area contributed by atoms with Crippen LogP contribution in [-0.4, -0.2) is 195 Å². The van der Waals surface area contributed by atoms with Crippen molar-refractivity contribution in [2.45, 2.75) is 149 Å². The standard InChI is InChI=1S/C22H22F3N5O3.C21H20F3N5O3.C19H16F4N4O3.C19H18F3N5O3/c1-12-18(19-27-8-14(13-2-3-13)10-30(19)29-12)20(32)28-21(6-7-33-11-17(21)31)16-5-4-15(9-26-16)22(23,24)25;22-21(23,24)14-3-4-16(25-8-14)20(5-6-32-11-17(20)30)28-19(31)15-9-27-29-10-13(12-1-2-12)7-26-18(15)29;1-10-5-24-16-12(6-25-27(16)7-10)17(29)26-18(9-30-8-15(18)28)13-3-2-11(4-14(13)20)19(21,22)23;1-11-6-24-16-13(8-25-27(16)9-11)17(29)26-18(4-5-30-10-15(18)28)14-3-2-12(7-23-14)19(20,21)22/h4-5,8-10,13,17,31H,2-3,6-7,11H2,1H3,(H,28,32);3-4,7-10,12,17,30H,1-2,5-6,11H2,(H,28,31);2-7,15,28H,8-9H2,1H3,(H,26,29);2-3,6-9,15,28H,4-5,10H2,1H3,(H,26,29). The monoisotopic (exact) mass is 1750 g/mol. The highest BCUT2D eigenvalue weighted by Gasteiger charge is 2.52. The smallest absolute Gasteiger partial charge is 0.388 e. The number of benzene rings is 1. The van der Waals surface area contributed by atoms with E-state index in [1.54, 1.807) is 49.3 Å². The molecule has 1 aromatic carbocycles. The Labute approximate surface area is 697 Å². The van der Waals surface area contributed by atoms with Crippen LogP contribution in [0.5, 0.6) is 0 Å². The maximum absolute atomic E-state index is 14.7. The van der Waals surface area contributed by atoms with Crippen molar-refractivity contribution >= 4 is 46.2 Å². The Morgan fingerprint density at radius 1 is 0.400 bits per heavy atom. The van der Waals surface area contributed by atoms with Crippen LogP contribution >= 0.6 is 0 Å². The van der Waals surface area contributed by atoms with Crippen LogP contribution in [0.4, 0.5) is 57.1 Å². The van der Waals surface area contributed by atoms with Gasteiger partial charge >= 0.3 is 24.7 Å². The zero-order valence-corrected chi connectivity index (χ0v) is 66.0. The minimum absolute atomic E-state index is 0.0563. The Balaban J connectivity index is 0.000000129. The van der Waals surface area contributed by atoms with Crippen molar-refractivity contribution in [2.75, 3.05) is 52.9 Å². The molecule has 0 radical (unpaired) electrons. The summed E-state index contributed by atoms with van der Waals surface area (Å²) in [6.07, 6.45) is 1.13. The molecule has 125 heavy (non-hydrogen) atoms. The van der Waals surface area contributed by atoms with Gasteiger partial charge in [0.15, 0.2) is 22.6 Å². The van der Waals surface area contributed by atoms with E-state index in [0.29, 0.717) is 65.2 Å². The van der Waals surface area contributed by atoms with Gasteiger partial charge in [-0.2, -0.15) is 73.1 Å². The van der Waals surface area contributed by atoms with Gasteiger partial charge in [-0.25, -0.2) is 42.4 Å². The molecule has 0 bridgehead atoms. The maximum atomic E-state index is 14.7. The molecule has 12 aromatic rings. The SMILES string of the molecule is Cc1cnc2c(C(=O)NC3(c4ccc(C(F)(F)F)cc4F)COCC3O)cnn2c1.Cc1cnc2c(C(=O)NC3(c4ccc(C(F)(F)F)cn4)CCOCC3O)cnn2c1.Cc1nn2cc(C3CC3)cnc2c1C(=O)NC1(c2ccc(C(F)(F)F)cn2)CCOCC1O.O=C(NC1(c2ccc(C(F)(F)F)cn2)CCOCC1O)c1cnn2cc(C3CC3)cnc12. The summed E-state index contributed by atoms with van der Waals surface area (Å²) >= 11 is 0. The van der Waals surface area contributed by atoms with Crippen LogP contribution in [0.1, 0.15) is 171 Å². The van der Waals surface area contributed by atoms with E-state index in [-0.39, 0.29) is 123 Å². The zero-order valence-electron chi connectivity index (χ0n) is 66.0. The molecule has 4 amide bonds. The summed E-state index contributed by atoms with van der Waals surface area (Å²) in [6.45, 7) is 5.03. The fourth-order valence-corrected chi connectivity index (χ4v) is 15.2. The number of pyridine rings is 3. The number of carbonyl (C=O) groups excluding carboxylic acids is 4. The summed E-state index contributed by atoms with van der Waals surface area (Å²) in [6, 6.07) is 8.08. The highest BCUT2D eigenvalue weighted by Crippen LogP contribution is 2.44. The number of aliphatic hydroxyl groups excluding tert-OH is 4. The van der Waals surface area contributed by atoms with E-state index in [4.69, 9.17) is 18.9 Å². The first-order valence-corrected chi connectivity index (χ1v) is 38.9. The molecular weight excluding hydrogens is 1680 g/mol. The molecule has 44 heteroatoms. The molecule has 0 spiro atoms. The molecule has 6 fully saturated rings. The molecule has 31 nitrogen and oxygen atoms in total. The lowest BCUT2D eigenvalue weighted by molar-refractivity contribution is -0.138. The van der Waals surface area contributed by atoms with E-state index >= 15 is 0 Å². The van der Waals surface area contributed by atoms with Crippen molar-refractivity contribution in [3.05, 3.63) is 242 Å². The quantitative estimate of drug-likeness (QED) is 0.0470. The van der Waals surface area contributed by atoms with Gasteiger partial charge in [0, 0.05) is 113 Å². The number of aryl methyl sites for hydroxylation is 3. The predicted octanol–water partition coefficient (Wildman–Crippen LogP) is 9.23. The molecular formula is C81H76F13N19O12. The number of aliphatic hydroxyl groups is 4. The second-order valence-corrected chi connectivity index (χ2v) is 31.0. The van der Waals surface area contributed by atoms with E-state index in [0.717, 1.165) is 78.3 Å². The minimum Gasteiger partial charge on any atom is -0.388 e. The van der Waals surface area contributed by atoms with Crippen LogP contribution in [-0.2, 0) is 65.8 Å². The van der Waals surface area contributed by atoms with Crippen molar-refractivity contribution in [3.63, 3.8) is 0 Å². The molecule has 658 valence electrons. The van der Waals surface area contributed by atoms with E-state index in [2.05, 4.69) is 76.5 Å². The van der Waals surface area contributed by atoms with Gasteiger partial charge in [0.2, 0.25) is 0 Å². The molecule has 8 N–H and O–H groups in total. The van der Waals surface area contributed by atoms with Crippen LogP contribution in [0.25, 0.3) is 22.6 Å². The van der Waals surface area contributed by atoms with Gasteiger partial charge in [-0.3, -0.25) is 34.1 Å². The molecule has 8 atom stereocenters. The first-order valence-electron chi connectivity index (χ1n) is 38.9. The fraction of sp³-hybridized carbons (Fsp3) is 0.395. The van der Waals surface area contributed by atoms with E-state index < -0.39 is 123 Å². The van der Waals surface area contributed by atoms with Gasteiger partial charge in [-0.1, -0.05) is 6.07 Å². The molecule has 11 aromatic heterocycles. The topological polar surface area (TPSA) is 394 Å². The normalized spacial score (nSPS) is 22.9. The number of halogens is 13. The molecule has 8 unspecified atom stereocenters. The number of carbonyl (C=O) groups is 4. The molecule has 2 aliphatic carbocycles. The van der Waals surface area contributed by atoms with Gasteiger partial charge in [-0.05, 0) is 129 Å². The average Bonchev–Trinajstić information content (AvgIpc) is 1.67. The number of alkyl halides is 12. The summed E-state index contributed by atoms with van der Waals surface area (Å²) in [4.78, 5) is 81.7. The number of nitrogens with one attached hydrogen (secondary N) is 4. The largest absolute Gasteiger partial charge is 0.417 e. The van der Waals surface area contributed by atoms with Crippen LogP contribution < -0.4 is 21.3 Å². The Bertz CT molecular complexity index is 6030.